The third kappa shape index (κ3) is 18.6. The molecule has 0 saturated heterocycles. The van der Waals surface area contributed by atoms with Crippen LogP contribution in [-0.2, 0) is 32.7 Å². The Kier molecular flexibility index (Phi) is 22.5. The Labute approximate surface area is 273 Å². The predicted molar refractivity (Wildman–Crippen MR) is 170 cm³/mol. The van der Waals surface area contributed by atoms with Crippen LogP contribution in [0.4, 0.5) is 0 Å². The number of rotatable bonds is 25. The number of hydrogen-bond donors (Lipinski definition) is 6. The summed E-state index contributed by atoms with van der Waals surface area (Å²) in [6.07, 6.45) is 11.1. The normalized spacial score (nSPS) is 25.5. The second kappa shape index (κ2) is 24.5. The summed E-state index contributed by atoms with van der Waals surface area (Å²) in [6.45, 7) is 2.14. The van der Waals surface area contributed by atoms with Crippen molar-refractivity contribution in [3.05, 3.63) is 24.3 Å². The van der Waals surface area contributed by atoms with Gasteiger partial charge in [0.2, 0.25) is 0 Å². The van der Waals surface area contributed by atoms with E-state index in [2.05, 4.69) is 31.2 Å². The van der Waals surface area contributed by atoms with E-state index in [-0.39, 0.29) is 6.42 Å². The molecular weight excluding hydrogens is 623 g/mol. The number of carbonyl (C=O) groups excluding carboxylic acids is 2. The number of aliphatic hydroxyl groups is 5. The van der Waals surface area contributed by atoms with Crippen LogP contribution in [0.3, 0.4) is 0 Å². The Morgan fingerprint density at radius 3 is 1.76 bits per heavy atom. The van der Waals surface area contributed by atoms with E-state index in [0.717, 1.165) is 58.3 Å². The zero-order chi connectivity index (χ0) is 34.4. The second-order valence-electron chi connectivity index (χ2n) is 11.7. The van der Waals surface area contributed by atoms with E-state index in [1.807, 2.05) is 0 Å². The standard InChI is InChI=1S/C32H57O13P/c1-3-4-5-6-7-8-9-10-11-12-13-14-15-16-17-18-19-20-21-26(34)44-25(22-42-24(2)33)23-43-46(40,41)45-32-30(38)28(36)27(35)29(37)31(32)39/h8-9,11-12,25,27-32,35-39H,3-7,10,13-23H2,1-2H3,(H,40,41)/b9-8-,12-11-. The lowest BCUT2D eigenvalue weighted by molar-refractivity contribution is -0.220. The lowest BCUT2D eigenvalue weighted by Gasteiger charge is -2.41. The number of esters is 2. The summed E-state index contributed by atoms with van der Waals surface area (Å²) >= 11 is 0. The van der Waals surface area contributed by atoms with E-state index in [9.17, 15) is 44.6 Å². The summed E-state index contributed by atoms with van der Waals surface area (Å²) in [5.74, 6) is -1.30. The van der Waals surface area contributed by atoms with Crippen LogP contribution >= 0.6 is 7.82 Å². The fourth-order valence-corrected chi connectivity index (χ4v) is 5.84. The number of phosphoric ester groups is 1. The highest BCUT2D eigenvalue weighted by atomic mass is 31.2. The molecule has 0 aromatic heterocycles. The van der Waals surface area contributed by atoms with Crippen molar-refractivity contribution >= 4 is 19.8 Å². The summed E-state index contributed by atoms with van der Waals surface area (Å²) in [4.78, 5) is 33.7. The fraction of sp³-hybridized carbons (Fsp3) is 0.812. The SMILES string of the molecule is CCCCCC/C=C\C/C=C\CCCCCCCCCC(=O)OC(COC(C)=O)COP(=O)(O)OC1C(O)C(O)C(O)C(O)C1O. The molecule has 1 aliphatic carbocycles. The summed E-state index contributed by atoms with van der Waals surface area (Å²) in [5, 5.41) is 49.3. The highest BCUT2D eigenvalue weighted by molar-refractivity contribution is 7.47. The Balaban J connectivity index is 2.28. The number of aliphatic hydroxyl groups excluding tert-OH is 5. The lowest BCUT2D eigenvalue weighted by atomic mass is 9.85. The maximum atomic E-state index is 12.5. The number of unbranched alkanes of at least 4 members (excludes halogenated alkanes) is 11. The zero-order valence-electron chi connectivity index (χ0n) is 27.4. The van der Waals surface area contributed by atoms with E-state index >= 15 is 0 Å². The number of phosphoric acid groups is 1. The molecule has 6 atom stereocenters. The Hall–Kier alpha value is -1.67. The van der Waals surface area contributed by atoms with Gasteiger partial charge in [-0.15, -0.1) is 0 Å². The number of hydrogen-bond acceptors (Lipinski definition) is 12. The summed E-state index contributed by atoms with van der Waals surface area (Å²) in [5.41, 5.74) is 0. The molecule has 0 aromatic carbocycles. The monoisotopic (exact) mass is 680 g/mol. The fourth-order valence-electron chi connectivity index (χ4n) is 4.87. The molecule has 1 saturated carbocycles. The van der Waals surface area contributed by atoms with Gasteiger partial charge in [0, 0.05) is 13.3 Å². The first-order chi connectivity index (χ1) is 21.9. The van der Waals surface area contributed by atoms with Gasteiger partial charge in [0.05, 0.1) is 6.61 Å². The first kappa shape index (κ1) is 42.4. The minimum absolute atomic E-state index is 0.0837. The highest BCUT2D eigenvalue weighted by Gasteiger charge is 2.51. The van der Waals surface area contributed by atoms with Gasteiger partial charge in [-0.25, -0.2) is 4.57 Å². The summed E-state index contributed by atoms with van der Waals surface area (Å²) < 4.78 is 32.1. The van der Waals surface area contributed by atoms with Crippen molar-refractivity contribution in [1.82, 2.24) is 0 Å². The molecule has 46 heavy (non-hydrogen) atoms. The molecule has 6 unspecified atom stereocenters. The van der Waals surface area contributed by atoms with Crippen molar-refractivity contribution in [3.63, 3.8) is 0 Å². The molecule has 6 N–H and O–H groups in total. The van der Waals surface area contributed by atoms with Crippen LogP contribution in [0.2, 0.25) is 0 Å². The number of carbonyl (C=O) groups is 2. The Morgan fingerprint density at radius 1 is 0.717 bits per heavy atom. The van der Waals surface area contributed by atoms with Gasteiger partial charge in [-0.2, -0.15) is 0 Å². The van der Waals surface area contributed by atoms with Crippen molar-refractivity contribution in [2.75, 3.05) is 13.2 Å². The summed E-state index contributed by atoms with van der Waals surface area (Å²) in [7, 11) is -5.07. The van der Waals surface area contributed by atoms with Gasteiger partial charge in [0.15, 0.2) is 6.10 Å². The molecule has 0 aromatic rings. The highest BCUT2D eigenvalue weighted by Crippen LogP contribution is 2.47. The number of ether oxygens (including phenoxy) is 2. The Bertz CT molecular complexity index is 927. The molecule has 0 amide bonds. The maximum Gasteiger partial charge on any atom is 0.472 e. The van der Waals surface area contributed by atoms with Crippen LogP contribution in [0.1, 0.15) is 110 Å². The molecule has 1 rings (SSSR count). The molecule has 0 aliphatic heterocycles. The molecule has 14 heteroatoms. The van der Waals surface area contributed by atoms with Crippen molar-refractivity contribution in [2.45, 2.75) is 153 Å². The van der Waals surface area contributed by atoms with E-state index in [0.29, 0.717) is 6.42 Å². The molecule has 13 nitrogen and oxygen atoms in total. The molecule has 1 aliphatic rings. The Morgan fingerprint density at radius 2 is 1.22 bits per heavy atom. The third-order valence-electron chi connectivity index (χ3n) is 7.60. The largest absolute Gasteiger partial charge is 0.472 e. The van der Waals surface area contributed by atoms with Crippen molar-refractivity contribution in [1.29, 1.82) is 0 Å². The first-order valence-electron chi connectivity index (χ1n) is 16.6. The molecular formula is C32H57O13P. The lowest BCUT2D eigenvalue weighted by Crippen LogP contribution is -2.64. The van der Waals surface area contributed by atoms with E-state index in [1.54, 1.807) is 0 Å². The third-order valence-corrected chi connectivity index (χ3v) is 8.59. The molecule has 0 heterocycles. The van der Waals surface area contributed by atoms with Gasteiger partial charge < -0.3 is 39.9 Å². The van der Waals surface area contributed by atoms with Crippen LogP contribution in [0.5, 0.6) is 0 Å². The molecule has 0 spiro atoms. The van der Waals surface area contributed by atoms with Gasteiger partial charge in [-0.1, -0.05) is 82.6 Å². The van der Waals surface area contributed by atoms with E-state index in [1.165, 1.54) is 32.1 Å². The van der Waals surface area contributed by atoms with E-state index in [4.69, 9.17) is 18.5 Å². The van der Waals surface area contributed by atoms with E-state index < -0.39 is 75.7 Å². The van der Waals surface area contributed by atoms with Crippen molar-refractivity contribution < 1.29 is 63.1 Å². The minimum atomic E-state index is -5.07. The average molecular weight is 681 g/mol. The van der Waals surface area contributed by atoms with Gasteiger partial charge in [-0.3, -0.25) is 18.6 Å². The zero-order valence-corrected chi connectivity index (χ0v) is 28.3. The second-order valence-corrected chi connectivity index (χ2v) is 13.1. The molecule has 0 bridgehead atoms. The quantitative estimate of drug-likeness (QED) is 0.0352. The van der Waals surface area contributed by atoms with Gasteiger partial charge in [0.25, 0.3) is 0 Å². The van der Waals surface area contributed by atoms with Crippen LogP contribution < -0.4 is 0 Å². The molecule has 268 valence electrons. The van der Waals surface area contributed by atoms with Crippen LogP contribution in [0, 0.1) is 0 Å². The smallest absolute Gasteiger partial charge is 0.462 e. The van der Waals surface area contributed by atoms with Crippen molar-refractivity contribution in [2.24, 2.45) is 0 Å². The molecule has 0 radical (unpaired) electrons. The van der Waals surface area contributed by atoms with Crippen molar-refractivity contribution in [3.8, 4) is 0 Å². The topological polar surface area (TPSA) is 210 Å². The van der Waals surface area contributed by atoms with Crippen LogP contribution in [0.15, 0.2) is 24.3 Å². The van der Waals surface area contributed by atoms with Crippen LogP contribution in [-0.4, -0.2) is 98.3 Å². The number of allylic oxidation sites excluding steroid dienone is 4. The molecule has 1 fully saturated rings. The minimum Gasteiger partial charge on any atom is -0.462 e. The maximum absolute atomic E-state index is 12.5. The van der Waals surface area contributed by atoms with Gasteiger partial charge in [0.1, 0.15) is 43.2 Å². The summed E-state index contributed by atoms with van der Waals surface area (Å²) in [6, 6.07) is 0. The van der Waals surface area contributed by atoms with Crippen LogP contribution in [0.25, 0.3) is 0 Å². The average Bonchev–Trinajstić information content (AvgIpc) is 3.01. The predicted octanol–water partition coefficient (Wildman–Crippen LogP) is 3.77. The van der Waals surface area contributed by atoms with Gasteiger partial charge >= 0.3 is 19.8 Å². The first-order valence-corrected chi connectivity index (χ1v) is 18.1. The van der Waals surface area contributed by atoms with Gasteiger partial charge in [-0.05, 0) is 38.5 Å².